The number of rotatable bonds is 4. The quantitative estimate of drug-likeness (QED) is 0.691. The van der Waals surface area contributed by atoms with Crippen LogP contribution in [-0.2, 0) is 13.6 Å². The molecule has 3 aromatic heterocycles. The molecule has 1 saturated heterocycles. The number of carbonyl (C=O) groups excluding carboxylic acids is 1. The SMILES string of the molecule is Cn1c(Cn2cccn2)nnc1[C@@H]1CCCN(C(=O)c2cccnn2)C1. The van der Waals surface area contributed by atoms with Crippen LogP contribution >= 0.6 is 0 Å². The molecular formula is C17H20N8O. The van der Waals surface area contributed by atoms with Gasteiger partial charge in [0.1, 0.15) is 12.4 Å². The summed E-state index contributed by atoms with van der Waals surface area (Å²) in [6.45, 7) is 1.92. The average molecular weight is 352 g/mol. The van der Waals surface area contributed by atoms with Gasteiger partial charge < -0.3 is 9.47 Å². The molecule has 4 rings (SSSR count). The van der Waals surface area contributed by atoms with Crippen LogP contribution in [0.4, 0.5) is 0 Å². The molecule has 134 valence electrons. The highest BCUT2D eigenvalue weighted by atomic mass is 16.2. The molecule has 0 saturated carbocycles. The molecule has 1 atom stereocenters. The van der Waals surface area contributed by atoms with Gasteiger partial charge in [-0.2, -0.15) is 10.2 Å². The summed E-state index contributed by atoms with van der Waals surface area (Å²) in [5.74, 6) is 1.83. The summed E-state index contributed by atoms with van der Waals surface area (Å²) in [6.07, 6.45) is 7.12. The fourth-order valence-electron chi connectivity index (χ4n) is 3.36. The van der Waals surface area contributed by atoms with E-state index in [0.717, 1.165) is 31.0 Å². The van der Waals surface area contributed by atoms with Gasteiger partial charge in [0.2, 0.25) is 0 Å². The Hall–Kier alpha value is -3.10. The third-order valence-corrected chi connectivity index (χ3v) is 4.73. The maximum atomic E-state index is 12.6. The van der Waals surface area contributed by atoms with Gasteiger partial charge in [-0.15, -0.1) is 15.3 Å². The summed E-state index contributed by atoms with van der Waals surface area (Å²) in [4.78, 5) is 14.5. The van der Waals surface area contributed by atoms with Crippen molar-refractivity contribution in [3.05, 3.63) is 54.1 Å². The molecule has 0 aromatic carbocycles. The highest BCUT2D eigenvalue weighted by Gasteiger charge is 2.29. The minimum absolute atomic E-state index is 0.0817. The fraction of sp³-hybridized carbons (Fsp3) is 0.412. The lowest BCUT2D eigenvalue weighted by Crippen LogP contribution is -2.40. The first-order valence-corrected chi connectivity index (χ1v) is 8.65. The Kier molecular flexibility index (Phi) is 4.42. The molecule has 0 N–H and O–H groups in total. The van der Waals surface area contributed by atoms with Gasteiger partial charge in [0.25, 0.3) is 5.91 Å². The zero-order chi connectivity index (χ0) is 17.9. The molecular weight excluding hydrogens is 332 g/mol. The van der Waals surface area contributed by atoms with E-state index in [0.29, 0.717) is 18.8 Å². The van der Waals surface area contributed by atoms with Gasteiger partial charge in [0.05, 0.1) is 0 Å². The zero-order valence-electron chi connectivity index (χ0n) is 14.6. The van der Waals surface area contributed by atoms with E-state index < -0.39 is 0 Å². The standard InChI is InChI=1S/C17H20N8O/c1-23-15(12-25-10-4-8-19-25)21-22-16(23)13-5-3-9-24(11-13)17(26)14-6-2-7-18-20-14/h2,4,6-8,10,13H,3,5,9,11-12H2,1H3/t13-/m1/s1. The highest BCUT2D eigenvalue weighted by Crippen LogP contribution is 2.26. The number of piperidine rings is 1. The van der Waals surface area contributed by atoms with Gasteiger partial charge in [-0.05, 0) is 31.0 Å². The Morgan fingerprint density at radius 1 is 1.23 bits per heavy atom. The molecule has 26 heavy (non-hydrogen) atoms. The van der Waals surface area contributed by atoms with Crippen molar-refractivity contribution in [3.8, 4) is 0 Å². The Bertz CT molecular complexity index is 874. The van der Waals surface area contributed by atoms with Crippen LogP contribution in [0.5, 0.6) is 0 Å². The van der Waals surface area contributed by atoms with Gasteiger partial charge in [-0.25, -0.2) is 0 Å². The van der Waals surface area contributed by atoms with Crippen LogP contribution in [0.15, 0.2) is 36.8 Å². The third-order valence-electron chi connectivity index (χ3n) is 4.73. The molecule has 9 nitrogen and oxygen atoms in total. The van der Waals surface area contributed by atoms with Crippen molar-refractivity contribution in [1.29, 1.82) is 0 Å². The number of nitrogens with zero attached hydrogens (tertiary/aromatic N) is 8. The van der Waals surface area contributed by atoms with Crippen LogP contribution < -0.4 is 0 Å². The van der Waals surface area contributed by atoms with E-state index in [4.69, 9.17) is 0 Å². The molecule has 9 heteroatoms. The van der Waals surface area contributed by atoms with E-state index in [1.165, 1.54) is 0 Å². The largest absolute Gasteiger partial charge is 0.337 e. The molecule has 0 aliphatic carbocycles. The number of likely N-dealkylation sites (tertiary alicyclic amines) is 1. The minimum atomic E-state index is -0.0817. The van der Waals surface area contributed by atoms with Crippen LogP contribution in [0.3, 0.4) is 0 Å². The van der Waals surface area contributed by atoms with Gasteiger partial charge in [-0.3, -0.25) is 9.48 Å². The van der Waals surface area contributed by atoms with Crippen molar-refractivity contribution >= 4 is 5.91 Å². The Balaban J connectivity index is 1.50. The van der Waals surface area contributed by atoms with E-state index in [2.05, 4.69) is 25.5 Å². The molecule has 0 radical (unpaired) electrons. The van der Waals surface area contributed by atoms with Crippen molar-refractivity contribution < 1.29 is 4.79 Å². The summed E-state index contributed by atoms with van der Waals surface area (Å²) in [5, 5.41) is 20.7. The predicted octanol–water partition coefficient (Wildman–Crippen LogP) is 0.870. The predicted molar refractivity (Wildman–Crippen MR) is 92.2 cm³/mol. The second kappa shape index (κ2) is 7.03. The topological polar surface area (TPSA) is 94.6 Å². The molecule has 0 bridgehead atoms. The first-order chi connectivity index (χ1) is 12.7. The molecule has 1 amide bonds. The lowest BCUT2D eigenvalue weighted by Gasteiger charge is -2.31. The molecule has 1 fully saturated rings. The summed E-state index contributed by atoms with van der Waals surface area (Å²) in [5.41, 5.74) is 0.380. The van der Waals surface area contributed by atoms with Gasteiger partial charge >= 0.3 is 0 Å². The summed E-state index contributed by atoms with van der Waals surface area (Å²) in [6, 6.07) is 5.31. The zero-order valence-corrected chi connectivity index (χ0v) is 14.6. The Labute approximate surface area is 150 Å². The van der Waals surface area contributed by atoms with Crippen molar-refractivity contribution in [3.63, 3.8) is 0 Å². The fourth-order valence-corrected chi connectivity index (χ4v) is 3.36. The Morgan fingerprint density at radius 3 is 2.92 bits per heavy atom. The maximum Gasteiger partial charge on any atom is 0.274 e. The highest BCUT2D eigenvalue weighted by molar-refractivity contribution is 5.92. The number of amides is 1. The lowest BCUT2D eigenvalue weighted by atomic mass is 9.97. The van der Waals surface area contributed by atoms with E-state index in [9.17, 15) is 4.79 Å². The van der Waals surface area contributed by atoms with E-state index >= 15 is 0 Å². The Morgan fingerprint density at radius 2 is 2.15 bits per heavy atom. The van der Waals surface area contributed by atoms with Crippen molar-refractivity contribution in [2.24, 2.45) is 7.05 Å². The van der Waals surface area contributed by atoms with Gasteiger partial charge in [0, 0.05) is 44.6 Å². The number of carbonyl (C=O) groups is 1. The lowest BCUT2D eigenvalue weighted by molar-refractivity contribution is 0.0696. The summed E-state index contributed by atoms with van der Waals surface area (Å²) < 4.78 is 3.83. The van der Waals surface area contributed by atoms with Crippen LogP contribution in [-0.4, -0.2) is 58.6 Å². The van der Waals surface area contributed by atoms with E-state index in [1.807, 2.05) is 33.5 Å². The normalized spacial score (nSPS) is 17.4. The van der Waals surface area contributed by atoms with E-state index in [1.54, 1.807) is 24.5 Å². The summed E-state index contributed by atoms with van der Waals surface area (Å²) >= 11 is 0. The monoisotopic (exact) mass is 352 g/mol. The minimum Gasteiger partial charge on any atom is -0.337 e. The molecule has 1 aliphatic rings. The first-order valence-electron chi connectivity index (χ1n) is 8.65. The van der Waals surface area contributed by atoms with Crippen LogP contribution in [0.25, 0.3) is 0 Å². The van der Waals surface area contributed by atoms with Crippen LogP contribution in [0.2, 0.25) is 0 Å². The number of aromatic nitrogens is 7. The smallest absolute Gasteiger partial charge is 0.274 e. The second-order valence-corrected chi connectivity index (χ2v) is 6.44. The molecule has 4 heterocycles. The van der Waals surface area contributed by atoms with Gasteiger partial charge in [0.15, 0.2) is 11.5 Å². The second-order valence-electron chi connectivity index (χ2n) is 6.44. The molecule has 3 aromatic rings. The number of hydrogen-bond acceptors (Lipinski definition) is 6. The van der Waals surface area contributed by atoms with Gasteiger partial charge in [-0.1, -0.05) is 0 Å². The van der Waals surface area contributed by atoms with Crippen LogP contribution in [0.1, 0.15) is 40.9 Å². The molecule has 1 aliphatic heterocycles. The first kappa shape index (κ1) is 16.4. The van der Waals surface area contributed by atoms with Crippen molar-refractivity contribution in [2.45, 2.75) is 25.3 Å². The summed E-state index contributed by atoms with van der Waals surface area (Å²) in [7, 11) is 1.97. The third kappa shape index (κ3) is 3.19. The van der Waals surface area contributed by atoms with E-state index in [-0.39, 0.29) is 11.8 Å². The molecule has 0 spiro atoms. The molecule has 0 unspecified atom stereocenters. The number of hydrogen-bond donors (Lipinski definition) is 0. The van der Waals surface area contributed by atoms with Crippen molar-refractivity contribution in [1.82, 2.24) is 39.6 Å². The average Bonchev–Trinajstić information content (AvgIpc) is 3.33. The maximum absolute atomic E-state index is 12.6. The van der Waals surface area contributed by atoms with Crippen molar-refractivity contribution in [2.75, 3.05) is 13.1 Å². The van der Waals surface area contributed by atoms with Crippen LogP contribution in [0, 0.1) is 0 Å².